The lowest BCUT2D eigenvalue weighted by Gasteiger charge is -2.03. The second-order valence-corrected chi connectivity index (χ2v) is 5.04. The summed E-state index contributed by atoms with van der Waals surface area (Å²) in [5.41, 5.74) is 7.49. The third-order valence-corrected chi connectivity index (χ3v) is 3.09. The Kier molecular flexibility index (Phi) is 4.27. The molecule has 0 bridgehead atoms. The molecule has 0 aliphatic heterocycles. The first-order valence-electron chi connectivity index (χ1n) is 5.79. The fraction of sp³-hybridized carbons (Fsp3) is 0.308. The molecule has 1 aromatic carbocycles. The van der Waals surface area contributed by atoms with Gasteiger partial charge in [0.05, 0.1) is 6.04 Å². The highest BCUT2D eigenvalue weighted by Gasteiger charge is 2.13. The van der Waals surface area contributed by atoms with Crippen molar-refractivity contribution in [3.8, 4) is 11.3 Å². The molecule has 1 heterocycles. The number of hydrogen-bond acceptors (Lipinski definition) is 3. The van der Waals surface area contributed by atoms with Gasteiger partial charge >= 0.3 is 0 Å². The van der Waals surface area contributed by atoms with Crippen LogP contribution in [0.15, 0.2) is 28.8 Å². The molecule has 1 atom stereocenters. The molecule has 0 aliphatic carbocycles. The molecule has 0 aliphatic rings. The van der Waals surface area contributed by atoms with E-state index in [0.717, 1.165) is 18.4 Å². The van der Waals surface area contributed by atoms with Crippen LogP contribution in [0.3, 0.4) is 0 Å². The van der Waals surface area contributed by atoms with E-state index in [4.69, 9.17) is 33.5 Å². The summed E-state index contributed by atoms with van der Waals surface area (Å²) >= 11 is 11.9. The molecule has 0 saturated heterocycles. The summed E-state index contributed by atoms with van der Waals surface area (Å²) in [5.74, 6) is 0.683. The van der Waals surface area contributed by atoms with Gasteiger partial charge in [0.1, 0.15) is 5.69 Å². The maximum atomic E-state index is 5.97. The summed E-state index contributed by atoms with van der Waals surface area (Å²) in [6, 6.07) is 6.98. The van der Waals surface area contributed by atoms with Crippen molar-refractivity contribution in [2.75, 3.05) is 0 Å². The van der Waals surface area contributed by atoms with Gasteiger partial charge in [0.25, 0.3) is 0 Å². The van der Waals surface area contributed by atoms with Gasteiger partial charge in [0, 0.05) is 21.7 Å². The molecule has 1 aromatic heterocycles. The highest BCUT2D eigenvalue weighted by molar-refractivity contribution is 6.35. The van der Waals surface area contributed by atoms with Gasteiger partial charge in [-0.25, -0.2) is 0 Å². The topological polar surface area (TPSA) is 52.0 Å². The number of hydrogen-bond donors (Lipinski definition) is 1. The summed E-state index contributed by atoms with van der Waals surface area (Å²) < 4.78 is 5.25. The average molecular weight is 285 g/mol. The molecule has 0 spiro atoms. The SMILES string of the molecule is CCCC(N)c1cc(-c2cc(Cl)cc(Cl)c2)no1. The summed E-state index contributed by atoms with van der Waals surface area (Å²) in [6.07, 6.45) is 1.87. The molecule has 0 radical (unpaired) electrons. The molecule has 2 rings (SSSR count). The Balaban J connectivity index is 2.29. The van der Waals surface area contributed by atoms with Crippen molar-refractivity contribution in [3.63, 3.8) is 0 Å². The predicted molar refractivity (Wildman–Crippen MR) is 73.8 cm³/mol. The van der Waals surface area contributed by atoms with Crippen molar-refractivity contribution >= 4 is 23.2 Å². The number of nitrogens with zero attached hydrogens (tertiary/aromatic N) is 1. The fourth-order valence-electron chi connectivity index (χ4n) is 1.76. The lowest BCUT2D eigenvalue weighted by molar-refractivity contribution is 0.356. The maximum Gasteiger partial charge on any atom is 0.154 e. The first-order chi connectivity index (χ1) is 8.60. The highest BCUT2D eigenvalue weighted by Crippen LogP contribution is 2.28. The van der Waals surface area contributed by atoms with Crippen LogP contribution in [0.4, 0.5) is 0 Å². The van der Waals surface area contributed by atoms with E-state index in [2.05, 4.69) is 12.1 Å². The molecule has 96 valence electrons. The zero-order chi connectivity index (χ0) is 13.1. The van der Waals surface area contributed by atoms with Crippen molar-refractivity contribution < 1.29 is 4.52 Å². The Morgan fingerprint density at radius 2 is 1.89 bits per heavy atom. The minimum absolute atomic E-state index is 0.120. The van der Waals surface area contributed by atoms with Crippen molar-refractivity contribution in [1.29, 1.82) is 0 Å². The van der Waals surface area contributed by atoms with Gasteiger partial charge in [0.15, 0.2) is 5.76 Å². The van der Waals surface area contributed by atoms with Gasteiger partial charge in [-0.2, -0.15) is 0 Å². The number of nitrogens with two attached hydrogens (primary N) is 1. The first kappa shape index (κ1) is 13.4. The molecule has 0 amide bonds. The van der Waals surface area contributed by atoms with E-state index in [9.17, 15) is 0 Å². The summed E-state index contributed by atoms with van der Waals surface area (Å²) in [7, 11) is 0. The van der Waals surface area contributed by atoms with Crippen LogP contribution in [-0.2, 0) is 0 Å². The smallest absolute Gasteiger partial charge is 0.154 e. The lowest BCUT2D eigenvalue weighted by Crippen LogP contribution is -2.08. The van der Waals surface area contributed by atoms with Gasteiger partial charge in [0.2, 0.25) is 0 Å². The monoisotopic (exact) mass is 284 g/mol. The summed E-state index contributed by atoms with van der Waals surface area (Å²) in [6.45, 7) is 2.08. The van der Waals surface area contributed by atoms with Crippen LogP contribution >= 0.6 is 23.2 Å². The molecule has 0 fully saturated rings. The van der Waals surface area contributed by atoms with Gasteiger partial charge in [-0.1, -0.05) is 41.7 Å². The Bertz CT molecular complexity index is 519. The number of rotatable bonds is 4. The normalized spacial score (nSPS) is 12.7. The van der Waals surface area contributed by atoms with Gasteiger partial charge < -0.3 is 10.3 Å². The molecule has 2 aromatic rings. The molecule has 3 nitrogen and oxygen atoms in total. The molecular weight excluding hydrogens is 271 g/mol. The Morgan fingerprint density at radius 1 is 1.22 bits per heavy atom. The fourth-order valence-corrected chi connectivity index (χ4v) is 2.28. The van der Waals surface area contributed by atoms with Gasteiger partial charge in [-0.3, -0.25) is 0 Å². The first-order valence-corrected chi connectivity index (χ1v) is 6.54. The third kappa shape index (κ3) is 3.05. The molecule has 2 N–H and O–H groups in total. The quantitative estimate of drug-likeness (QED) is 0.903. The average Bonchev–Trinajstić information content (AvgIpc) is 2.77. The predicted octanol–water partition coefficient (Wildman–Crippen LogP) is 4.45. The van der Waals surface area contributed by atoms with E-state index in [1.807, 2.05) is 6.07 Å². The van der Waals surface area contributed by atoms with Crippen LogP contribution in [0.5, 0.6) is 0 Å². The van der Waals surface area contributed by atoms with Crippen molar-refractivity contribution in [2.45, 2.75) is 25.8 Å². The van der Waals surface area contributed by atoms with E-state index in [1.165, 1.54) is 0 Å². The van der Waals surface area contributed by atoms with Gasteiger partial charge in [-0.15, -0.1) is 0 Å². The van der Waals surface area contributed by atoms with E-state index in [0.29, 0.717) is 21.5 Å². The van der Waals surface area contributed by atoms with Crippen LogP contribution in [0.2, 0.25) is 10.0 Å². The van der Waals surface area contributed by atoms with E-state index >= 15 is 0 Å². The second-order valence-electron chi connectivity index (χ2n) is 4.17. The Labute approximate surface area is 116 Å². The highest BCUT2D eigenvalue weighted by atomic mass is 35.5. The Hall–Kier alpha value is -1.03. The van der Waals surface area contributed by atoms with Gasteiger partial charge in [-0.05, 0) is 24.6 Å². The van der Waals surface area contributed by atoms with Crippen LogP contribution in [0.25, 0.3) is 11.3 Å². The van der Waals surface area contributed by atoms with Crippen molar-refractivity contribution in [3.05, 3.63) is 40.1 Å². The minimum atomic E-state index is -0.120. The number of halogens is 2. The second kappa shape index (κ2) is 5.74. The maximum absolute atomic E-state index is 5.97. The van der Waals surface area contributed by atoms with Crippen LogP contribution in [-0.4, -0.2) is 5.16 Å². The van der Waals surface area contributed by atoms with Crippen LogP contribution < -0.4 is 5.73 Å². The molecular formula is C13H14Cl2N2O. The summed E-state index contributed by atoms with van der Waals surface area (Å²) in [5, 5.41) is 5.14. The standard InChI is InChI=1S/C13H14Cl2N2O/c1-2-3-11(16)13-7-12(17-18-13)8-4-9(14)6-10(15)5-8/h4-7,11H,2-3,16H2,1H3. The minimum Gasteiger partial charge on any atom is -0.359 e. The number of aromatic nitrogens is 1. The molecule has 0 saturated carbocycles. The molecule has 5 heteroatoms. The van der Waals surface area contributed by atoms with E-state index in [-0.39, 0.29) is 6.04 Å². The van der Waals surface area contributed by atoms with Crippen LogP contribution in [0.1, 0.15) is 31.6 Å². The van der Waals surface area contributed by atoms with Crippen molar-refractivity contribution in [1.82, 2.24) is 5.16 Å². The molecule has 18 heavy (non-hydrogen) atoms. The third-order valence-electron chi connectivity index (χ3n) is 2.65. The summed E-state index contributed by atoms with van der Waals surface area (Å²) in [4.78, 5) is 0. The zero-order valence-electron chi connectivity index (χ0n) is 9.99. The lowest BCUT2D eigenvalue weighted by atomic mass is 10.1. The number of benzene rings is 1. The van der Waals surface area contributed by atoms with E-state index < -0.39 is 0 Å². The van der Waals surface area contributed by atoms with Crippen molar-refractivity contribution in [2.24, 2.45) is 5.73 Å². The largest absolute Gasteiger partial charge is 0.359 e. The van der Waals surface area contributed by atoms with E-state index in [1.54, 1.807) is 18.2 Å². The van der Waals surface area contributed by atoms with Crippen LogP contribution in [0, 0.1) is 0 Å². The zero-order valence-corrected chi connectivity index (χ0v) is 11.5. The molecule has 1 unspecified atom stereocenters. The Morgan fingerprint density at radius 3 is 2.50 bits per heavy atom.